The van der Waals surface area contributed by atoms with Crippen LogP contribution in [-0.4, -0.2) is 46.5 Å². The lowest BCUT2D eigenvalue weighted by molar-refractivity contribution is -0.126. The van der Waals surface area contributed by atoms with Crippen molar-refractivity contribution >= 4 is 11.8 Å². The fraction of sp³-hybridized carbons (Fsp3) is 0.320. The van der Waals surface area contributed by atoms with Gasteiger partial charge in [0.05, 0.1) is 7.11 Å². The Balaban J connectivity index is 1.44. The largest absolute Gasteiger partial charge is 0.497 e. The van der Waals surface area contributed by atoms with Crippen molar-refractivity contribution in [3.63, 3.8) is 0 Å². The number of amides is 2. The third-order valence-corrected chi connectivity index (χ3v) is 6.07. The lowest BCUT2D eigenvalue weighted by atomic mass is 9.94. The fourth-order valence-electron chi connectivity index (χ4n) is 4.15. The third kappa shape index (κ3) is 5.05. The number of rotatable bonds is 6. The Hall–Kier alpha value is -3.68. The molecule has 1 aliphatic heterocycles. The summed E-state index contributed by atoms with van der Waals surface area (Å²) in [4.78, 5) is 32.1. The molecule has 2 heterocycles. The maximum atomic E-state index is 13.2. The molecule has 0 radical (unpaired) electrons. The molecule has 7 nitrogen and oxygen atoms in total. The van der Waals surface area contributed by atoms with Crippen LogP contribution in [-0.2, 0) is 11.8 Å². The van der Waals surface area contributed by atoms with Gasteiger partial charge in [0.2, 0.25) is 5.91 Å². The highest BCUT2D eigenvalue weighted by Crippen LogP contribution is 2.26. The predicted octanol–water partition coefficient (Wildman–Crippen LogP) is 3.33. The summed E-state index contributed by atoms with van der Waals surface area (Å²) in [6.45, 7) is 0.945. The molecule has 1 saturated heterocycles. The van der Waals surface area contributed by atoms with Crippen molar-refractivity contribution in [2.75, 3.05) is 20.2 Å². The van der Waals surface area contributed by atoms with Crippen LogP contribution in [0.3, 0.4) is 0 Å². The van der Waals surface area contributed by atoms with Crippen LogP contribution >= 0.6 is 0 Å². The SMILES string of the molecule is COc1cccc(C(NC(=O)C2CCN(C(=O)c3ccc(F)cc3)CC2)c2nccn2C)c1. The molecule has 2 aromatic carbocycles. The highest BCUT2D eigenvalue weighted by molar-refractivity contribution is 5.94. The summed E-state index contributed by atoms with van der Waals surface area (Å²) in [5.74, 6) is 0.626. The van der Waals surface area contributed by atoms with E-state index in [1.165, 1.54) is 24.3 Å². The van der Waals surface area contributed by atoms with E-state index in [0.717, 1.165) is 11.4 Å². The standard InChI is InChI=1S/C25H27FN4O3/c1-29-15-12-27-23(29)22(19-4-3-5-21(16-19)33-2)28-24(31)17-10-13-30(14-11-17)25(32)18-6-8-20(26)9-7-18/h3-9,12,15-17,22H,10-11,13-14H2,1-2H3,(H,28,31). The van der Waals surface area contributed by atoms with Crippen molar-refractivity contribution in [1.29, 1.82) is 0 Å². The molecule has 4 rings (SSSR count). The maximum absolute atomic E-state index is 13.2. The molecule has 0 saturated carbocycles. The number of halogens is 1. The van der Waals surface area contributed by atoms with Crippen LogP contribution in [0, 0.1) is 11.7 Å². The molecule has 0 spiro atoms. The van der Waals surface area contributed by atoms with Gasteiger partial charge >= 0.3 is 0 Å². The van der Waals surface area contributed by atoms with Crippen LogP contribution in [0.15, 0.2) is 60.9 Å². The first kappa shape index (κ1) is 22.5. The summed E-state index contributed by atoms with van der Waals surface area (Å²) in [6, 6.07) is 12.7. The first-order chi connectivity index (χ1) is 16.0. The number of nitrogens with one attached hydrogen (secondary N) is 1. The molecule has 33 heavy (non-hydrogen) atoms. The first-order valence-electron chi connectivity index (χ1n) is 10.9. The average molecular weight is 451 g/mol. The zero-order valence-electron chi connectivity index (χ0n) is 18.7. The van der Waals surface area contributed by atoms with Crippen LogP contribution in [0.5, 0.6) is 5.75 Å². The zero-order chi connectivity index (χ0) is 23.4. The van der Waals surface area contributed by atoms with Gasteiger partial charge in [-0.05, 0) is 54.8 Å². The highest BCUT2D eigenvalue weighted by atomic mass is 19.1. The maximum Gasteiger partial charge on any atom is 0.253 e. The second-order valence-electron chi connectivity index (χ2n) is 8.19. The van der Waals surface area contributed by atoms with Crippen LogP contribution in [0.25, 0.3) is 0 Å². The molecule has 8 heteroatoms. The number of piperidine rings is 1. The van der Waals surface area contributed by atoms with E-state index in [2.05, 4.69) is 10.3 Å². The zero-order valence-corrected chi connectivity index (χ0v) is 18.7. The van der Waals surface area contributed by atoms with Gasteiger partial charge in [0.1, 0.15) is 23.4 Å². The number of likely N-dealkylation sites (tertiary alicyclic amines) is 1. The van der Waals surface area contributed by atoms with E-state index in [-0.39, 0.29) is 23.5 Å². The van der Waals surface area contributed by atoms with Crippen LogP contribution in [0.1, 0.15) is 40.6 Å². The monoisotopic (exact) mass is 450 g/mol. The van der Waals surface area contributed by atoms with Crippen LogP contribution in [0.4, 0.5) is 4.39 Å². The van der Waals surface area contributed by atoms with Crippen molar-refractivity contribution < 1.29 is 18.7 Å². The van der Waals surface area contributed by atoms with Gasteiger partial charge in [-0.15, -0.1) is 0 Å². The minimum atomic E-state index is -0.425. The number of aromatic nitrogens is 2. The Morgan fingerprint density at radius 1 is 1.15 bits per heavy atom. The molecule has 1 unspecified atom stereocenters. The smallest absolute Gasteiger partial charge is 0.253 e. The quantitative estimate of drug-likeness (QED) is 0.625. The van der Waals surface area contributed by atoms with Crippen molar-refractivity contribution in [2.45, 2.75) is 18.9 Å². The number of carbonyl (C=O) groups excluding carboxylic acids is 2. The van der Waals surface area contributed by atoms with E-state index in [1.807, 2.05) is 42.1 Å². The van der Waals surface area contributed by atoms with Gasteiger partial charge in [0.25, 0.3) is 5.91 Å². The van der Waals surface area contributed by atoms with E-state index in [1.54, 1.807) is 18.2 Å². The minimum absolute atomic E-state index is 0.0697. The molecule has 1 aliphatic rings. The third-order valence-electron chi connectivity index (χ3n) is 6.07. The molecular formula is C25H27FN4O3. The topological polar surface area (TPSA) is 76.5 Å². The number of nitrogens with zero attached hydrogens (tertiary/aromatic N) is 3. The van der Waals surface area contributed by atoms with Crippen molar-refractivity contribution in [3.8, 4) is 5.75 Å². The van der Waals surface area contributed by atoms with E-state index < -0.39 is 6.04 Å². The van der Waals surface area contributed by atoms with Crippen molar-refractivity contribution in [3.05, 3.63) is 83.7 Å². The molecule has 0 aliphatic carbocycles. The van der Waals surface area contributed by atoms with Gasteiger partial charge < -0.3 is 19.5 Å². The Labute approximate surface area is 192 Å². The number of imidazole rings is 1. The molecule has 172 valence electrons. The summed E-state index contributed by atoms with van der Waals surface area (Å²) < 4.78 is 20.4. The van der Waals surface area contributed by atoms with E-state index >= 15 is 0 Å². The normalized spacial score (nSPS) is 15.2. The lowest BCUT2D eigenvalue weighted by Crippen LogP contribution is -2.44. The molecular weight excluding hydrogens is 423 g/mol. The number of benzene rings is 2. The molecule has 1 N–H and O–H groups in total. The molecule has 3 aromatic rings. The summed E-state index contributed by atoms with van der Waals surface area (Å²) >= 11 is 0. The Bertz CT molecular complexity index is 1120. The highest BCUT2D eigenvalue weighted by Gasteiger charge is 2.30. The summed E-state index contributed by atoms with van der Waals surface area (Å²) in [5, 5.41) is 3.16. The lowest BCUT2D eigenvalue weighted by Gasteiger charge is -2.32. The summed E-state index contributed by atoms with van der Waals surface area (Å²) in [7, 11) is 3.50. The number of hydrogen-bond acceptors (Lipinski definition) is 4. The average Bonchev–Trinajstić information content (AvgIpc) is 3.28. The van der Waals surface area contributed by atoms with E-state index in [9.17, 15) is 14.0 Å². The molecule has 2 amide bonds. The molecule has 1 fully saturated rings. The Morgan fingerprint density at radius 2 is 1.88 bits per heavy atom. The first-order valence-corrected chi connectivity index (χ1v) is 10.9. The number of hydrogen-bond donors (Lipinski definition) is 1. The van der Waals surface area contributed by atoms with Gasteiger partial charge in [-0.3, -0.25) is 9.59 Å². The molecule has 1 atom stereocenters. The van der Waals surface area contributed by atoms with Crippen molar-refractivity contribution in [2.24, 2.45) is 13.0 Å². The van der Waals surface area contributed by atoms with Crippen molar-refractivity contribution in [1.82, 2.24) is 19.8 Å². The van der Waals surface area contributed by atoms with Crippen LogP contribution in [0.2, 0.25) is 0 Å². The van der Waals surface area contributed by atoms with E-state index in [0.29, 0.717) is 37.2 Å². The molecule has 0 bridgehead atoms. The number of ether oxygens (including phenoxy) is 1. The number of carbonyl (C=O) groups is 2. The van der Waals surface area contributed by atoms with Gasteiger partial charge in [0.15, 0.2) is 0 Å². The summed E-state index contributed by atoms with van der Waals surface area (Å²) in [5.41, 5.74) is 1.33. The van der Waals surface area contributed by atoms with Gasteiger partial charge in [-0.1, -0.05) is 12.1 Å². The van der Waals surface area contributed by atoms with Gasteiger partial charge in [-0.25, -0.2) is 9.37 Å². The van der Waals surface area contributed by atoms with E-state index in [4.69, 9.17) is 4.74 Å². The second kappa shape index (κ2) is 9.85. The fourth-order valence-corrected chi connectivity index (χ4v) is 4.15. The van der Waals surface area contributed by atoms with Crippen LogP contribution < -0.4 is 10.1 Å². The number of methoxy groups -OCH3 is 1. The second-order valence-corrected chi connectivity index (χ2v) is 8.19. The van der Waals surface area contributed by atoms with Gasteiger partial charge in [-0.2, -0.15) is 0 Å². The number of aryl methyl sites for hydroxylation is 1. The van der Waals surface area contributed by atoms with Gasteiger partial charge in [0, 0.05) is 44.0 Å². The summed E-state index contributed by atoms with van der Waals surface area (Å²) in [6.07, 6.45) is 4.66. The molecule has 1 aromatic heterocycles. The predicted molar refractivity (Wildman–Crippen MR) is 121 cm³/mol. The Kier molecular flexibility index (Phi) is 6.72. The Morgan fingerprint density at radius 3 is 2.52 bits per heavy atom. The minimum Gasteiger partial charge on any atom is -0.497 e.